The molecule has 4 bridgehead atoms. The van der Waals surface area contributed by atoms with Crippen LogP contribution in [0.5, 0.6) is 0 Å². The molecule has 3 aliphatic rings. The van der Waals surface area contributed by atoms with Gasteiger partial charge in [-0.2, -0.15) is 0 Å². The maximum absolute atomic E-state index is 5.95. The topological polar surface area (TPSA) is 16.1 Å². The highest BCUT2D eigenvalue weighted by Gasteiger charge is 2.49. The third kappa shape index (κ3) is 1.02. The Morgan fingerprint density at radius 2 is 2.33 bits per heavy atom. The predicted molar refractivity (Wildman–Crippen MR) is 59.0 cm³/mol. The van der Waals surface area contributed by atoms with Crippen LogP contribution in [0, 0.1) is 0 Å². The van der Waals surface area contributed by atoms with Crippen LogP contribution in [0.3, 0.4) is 0 Å². The van der Waals surface area contributed by atoms with Crippen molar-refractivity contribution in [3.8, 4) is 0 Å². The van der Waals surface area contributed by atoms with Gasteiger partial charge in [0.05, 0.1) is 0 Å². The largest absolute Gasteiger partial charge is 0.293 e. The predicted octanol–water partition coefficient (Wildman–Crippen LogP) is 2.57. The van der Waals surface area contributed by atoms with Gasteiger partial charge >= 0.3 is 0 Å². The lowest BCUT2D eigenvalue weighted by Gasteiger charge is -2.31. The molecule has 2 saturated heterocycles. The Hall–Kier alpha value is -0.600. The van der Waals surface area contributed by atoms with E-state index in [1.807, 2.05) is 6.20 Å². The number of rotatable bonds is 0. The quantitative estimate of drug-likeness (QED) is 0.625. The third-order valence-electron chi connectivity index (χ3n) is 4.42. The number of pyridine rings is 1. The lowest BCUT2D eigenvalue weighted by atomic mass is 9.82. The number of aromatic nitrogens is 1. The first kappa shape index (κ1) is 8.54. The summed E-state index contributed by atoms with van der Waals surface area (Å²) in [5, 5.41) is 0.642. The fourth-order valence-electron chi connectivity index (χ4n) is 3.83. The number of fused-ring (bicyclic) bond motifs is 2. The molecule has 4 heterocycles. The summed E-state index contributed by atoms with van der Waals surface area (Å²) in [7, 11) is 0. The fourth-order valence-corrected chi connectivity index (χ4v) is 4.01. The molecule has 78 valence electrons. The van der Waals surface area contributed by atoms with Gasteiger partial charge in [-0.3, -0.25) is 4.90 Å². The zero-order valence-electron chi connectivity index (χ0n) is 8.49. The fraction of sp³-hybridized carbons (Fsp3) is 0.583. The summed E-state index contributed by atoms with van der Waals surface area (Å²) in [5.41, 5.74) is 2.89. The van der Waals surface area contributed by atoms with Gasteiger partial charge in [0.15, 0.2) is 0 Å². The SMILES string of the molecule is Clc1cc2c(cn1)C1C[C@H]3CC[C@H]1N3C2. The van der Waals surface area contributed by atoms with E-state index in [9.17, 15) is 0 Å². The summed E-state index contributed by atoms with van der Waals surface area (Å²) >= 11 is 5.95. The van der Waals surface area contributed by atoms with Gasteiger partial charge in [-0.25, -0.2) is 4.98 Å². The van der Waals surface area contributed by atoms with Crippen molar-refractivity contribution in [1.82, 2.24) is 9.88 Å². The van der Waals surface area contributed by atoms with Gasteiger partial charge < -0.3 is 0 Å². The van der Waals surface area contributed by atoms with Crippen molar-refractivity contribution >= 4 is 11.6 Å². The Balaban J connectivity index is 1.87. The standard InChI is InChI=1S/C12H13ClN2/c13-12-3-7-6-15-8-1-2-11(15)9(4-8)10(7)5-14-12/h3,5,8-9,11H,1-2,4,6H2/t8-,9?,11-/m1/s1. The second-order valence-electron chi connectivity index (χ2n) is 5.02. The molecule has 1 aromatic rings. The van der Waals surface area contributed by atoms with E-state index in [2.05, 4.69) is 16.0 Å². The molecule has 2 unspecified atom stereocenters. The Morgan fingerprint density at radius 3 is 3.27 bits per heavy atom. The molecular formula is C12H13ClN2. The Kier molecular flexibility index (Phi) is 1.56. The zero-order chi connectivity index (χ0) is 9.99. The molecule has 0 N–H and O–H groups in total. The average Bonchev–Trinajstić information content (AvgIpc) is 2.73. The van der Waals surface area contributed by atoms with Crippen LogP contribution in [0.15, 0.2) is 12.3 Å². The first-order chi connectivity index (χ1) is 7.33. The summed E-state index contributed by atoms with van der Waals surface area (Å²) in [6.07, 6.45) is 6.15. The molecule has 0 aromatic carbocycles. The van der Waals surface area contributed by atoms with E-state index in [-0.39, 0.29) is 0 Å². The first-order valence-corrected chi connectivity index (χ1v) is 6.11. The van der Waals surface area contributed by atoms with Crippen molar-refractivity contribution in [3.05, 3.63) is 28.5 Å². The van der Waals surface area contributed by atoms with Crippen molar-refractivity contribution < 1.29 is 0 Å². The second-order valence-corrected chi connectivity index (χ2v) is 5.41. The van der Waals surface area contributed by atoms with Crippen LogP contribution in [0.1, 0.15) is 36.3 Å². The molecule has 0 saturated carbocycles. The van der Waals surface area contributed by atoms with Crippen LogP contribution in [0.25, 0.3) is 0 Å². The lowest BCUT2D eigenvalue weighted by Crippen LogP contribution is -2.33. The van der Waals surface area contributed by atoms with E-state index < -0.39 is 0 Å². The van der Waals surface area contributed by atoms with Crippen molar-refractivity contribution in [2.45, 2.75) is 43.8 Å². The van der Waals surface area contributed by atoms with E-state index in [1.54, 1.807) is 0 Å². The van der Waals surface area contributed by atoms with E-state index in [0.717, 1.165) is 24.5 Å². The smallest absolute Gasteiger partial charge is 0.129 e. The molecule has 0 spiro atoms. The van der Waals surface area contributed by atoms with E-state index in [4.69, 9.17) is 11.6 Å². The Bertz CT molecular complexity index is 432. The highest BCUT2D eigenvalue weighted by atomic mass is 35.5. The van der Waals surface area contributed by atoms with Gasteiger partial charge in [-0.1, -0.05) is 11.6 Å². The molecule has 4 rings (SSSR count). The van der Waals surface area contributed by atoms with Crippen LogP contribution in [-0.4, -0.2) is 22.0 Å². The maximum Gasteiger partial charge on any atom is 0.129 e. The van der Waals surface area contributed by atoms with E-state index in [1.165, 1.54) is 30.4 Å². The highest BCUT2D eigenvalue weighted by molar-refractivity contribution is 6.29. The minimum absolute atomic E-state index is 0.642. The molecular weight excluding hydrogens is 208 g/mol. The molecule has 2 fully saturated rings. The van der Waals surface area contributed by atoms with Crippen LogP contribution in [0.2, 0.25) is 5.15 Å². The third-order valence-corrected chi connectivity index (χ3v) is 4.63. The van der Waals surface area contributed by atoms with E-state index >= 15 is 0 Å². The van der Waals surface area contributed by atoms with Crippen molar-refractivity contribution in [1.29, 1.82) is 0 Å². The van der Waals surface area contributed by atoms with Crippen molar-refractivity contribution in [3.63, 3.8) is 0 Å². The van der Waals surface area contributed by atoms with Crippen molar-refractivity contribution in [2.75, 3.05) is 0 Å². The number of hydrogen-bond acceptors (Lipinski definition) is 2. The highest BCUT2D eigenvalue weighted by Crippen LogP contribution is 2.51. The maximum atomic E-state index is 5.95. The Morgan fingerprint density at radius 1 is 1.40 bits per heavy atom. The molecule has 0 radical (unpaired) electrons. The molecule has 3 aliphatic heterocycles. The van der Waals surface area contributed by atoms with Gasteiger partial charge in [-0.05, 0) is 36.5 Å². The molecule has 0 aliphatic carbocycles. The summed E-state index contributed by atoms with van der Waals surface area (Å²) < 4.78 is 0. The van der Waals surface area contributed by atoms with Crippen molar-refractivity contribution in [2.24, 2.45) is 0 Å². The molecule has 0 amide bonds. The minimum atomic E-state index is 0.642. The molecule has 4 atom stereocenters. The normalized spacial score (nSPS) is 40.6. The first-order valence-electron chi connectivity index (χ1n) is 5.73. The summed E-state index contributed by atoms with van der Waals surface area (Å²) in [4.78, 5) is 6.92. The molecule has 3 heteroatoms. The molecule has 1 aromatic heterocycles. The summed E-state index contributed by atoms with van der Waals surface area (Å²) in [6.45, 7) is 1.10. The average molecular weight is 221 g/mol. The van der Waals surface area contributed by atoms with Gasteiger partial charge in [0.25, 0.3) is 0 Å². The molecule has 2 nitrogen and oxygen atoms in total. The summed E-state index contributed by atoms with van der Waals surface area (Å²) in [6, 6.07) is 3.71. The number of hydrogen-bond donors (Lipinski definition) is 0. The summed E-state index contributed by atoms with van der Waals surface area (Å²) in [5.74, 6) is 0.747. The van der Waals surface area contributed by atoms with Gasteiger partial charge in [-0.15, -0.1) is 0 Å². The molecule has 15 heavy (non-hydrogen) atoms. The van der Waals surface area contributed by atoms with Gasteiger partial charge in [0, 0.05) is 30.7 Å². The second kappa shape index (κ2) is 2.74. The van der Waals surface area contributed by atoms with E-state index in [0.29, 0.717) is 5.15 Å². The number of nitrogens with zero attached hydrogens (tertiary/aromatic N) is 2. The monoisotopic (exact) mass is 220 g/mol. The minimum Gasteiger partial charge on any atom is -0.293 e. The van der Waals surface area contributed by atoms with Crippen LogP contribution < -0.4 is 0 Å². The van der Waals surface area contributed by atoms with Gasteiger partial charge in [0.2, 0.25) is 0 Å². The van der Waals surface area contributed by atoms with Crippen LogP contribution >= 0.6 is 11.6 Å². The zero-order valence-corrected chi connectivity index (χ0v) is 9.24. The number of halogens is 1. The van der Waals surface area contributed by atoms with Gasteiger partial charge in [0.1, 0.15) is 5.15 Å². The van der Waals surface area contributed by atoms with Crippen LogP contribution in [-0.2, 0) is 6.54 Å². The van der Waals surface area contributed by atoms with Crippen LogP contribution in [0.4, 0.5) is 0 Å². The lowest BCUT2D eigenvalue weighted by molar-refractivity contribution is 0.227. The Labute approximate surface area is 94.3 Å².